The molecule has 18 heavy (non-hydrogen) atoms. The molecule has 0 aromatic heterocycles. The standard InChI is InChI=1S/C16H25NO/c1-3-12-8-9-16(17)15(10-12)13-6-5-7-14(11-13)18-4-2/h5-7,11-12,15-16H,3-4,8-10,17H2,1-2H3. The molecule has 0 aliphatic heterocycles. The van der Waals surface area contributed by atoms with Crippen molar-refractivity contribution in [2.75, 3.05) is 6.61 Å². The van der Waals surface area contributed by atoms with Crippen molar-refractivity contribution in [2.45, 2.75) is 51.5 Å². The fourth-order valence-electron chi connectivity index (χ4n) is 3.04. The maximum absolute atomic E-state index is 6.31. The number of benzene rings is 1. The Morgan fingerprint density at radius 3 is 2.83 bits per heavy atom. The molecule has 0 amide bonds. The largest absolute Gasteiger partial charge is 0.494 e. The van der Waals surface area contributed by atoms with E-state index in [1.807, 2.05) is 13.0 Å². The maximum Gasteiger partial charge on any atom is 0.119 e. The summed E-state index contributed by atoms with van der Waals surface area (Å²) in [6, 6.07) is 8.79. The third kappa shape index (κ3) is 3.05. The van der Waals surface area contributed by atoms with Crippen LogP contribution in [0.2, 0.25) is 0 Å². The Labute approximate surface area is 111 Å². The van der Waals surface area contributed by atoms with Crippen LogP contribution in [-0.4, -0.2) is 12.6 Å². The van der Waals surface area contributed by atoms with Crippen molar-refractivity contribution in [3.05, 3.63) is 29.8 Å². The molecule has 2 heteroatoms. The second-order valence-corrected chi connectivity index (χ2v) is 5.36. The highest BCUT2D eigenvalue weighted by Gasteiger charge is 2.28. The molecular weight excluding hydrogens is 222 g/mol. The van der Waals surface area contributed by atoms with Gasteiger partial charge < -0.3 is 10.5 Å². The zero-order valence-electron chi connectivity index (χ0n) is 11.6. The average molecular weight is 247 g/mol. The Hall–Kier alpha value is -1.02. The zero-order chi connectivity index (χ0) is 13.0. The van der Waals surface area contributed by atoms with Gasteiger partial charge in [0.1, 0.15) is 5.75 Å². The fourth-order valence-corrected chi connectivity index (χ4v) is 3.04. The summed E-state index contributed by atoms with van der Waals surface area (Å²) >= 11 is 0. The molecule has 2 N–H and O–H groups in total. The summed E-state index contributed by atoms with van der Waals surface area (Å²) in [5.41, 5.74) is 7.66. The van der Waals surface area contributed by atoms with Gasteiger partial charge in [0.2, 0.25) is 0 Å². The van der Waals surface area contributed by atoms with Crippen LogP contribution in [0.15, 0.2) is 24.3 Å². The molecule has 2 rings (SSSR count). The van der Waals surface area contributed by atoms with Crippen LogP contribution in [0, 0.1) is 5.92 Å². The summed E-state index contributed by atoms with van der Waals surface area (Å²) in [6.45, 7) is 5.03. The minimum Gasteiger partial charge on any atom is -0.494 e. The Kier molecular flexibility index (Phi) is 4.65. The van der Waals surface area contributed by atoms with Crippen molar-refractivity contribution in [1.29, 1.82) is 0 Å². The summed E-state index contributed by atoms with van der Waals surface area (Å²) in [5, 5.41) is 0. The second kappa shape index (κ2) is 6.24. The van der Waals surface area contributed by atoms with Crippen LogP contribution in [0.25, 0.3) is 0 Å². The normalized spacial score (nSPS) is 28.1. The van der Waals surface area contributed by atoms with Crippen molar-refractivity contribution in [3.8, 4) is 5.75 Å². The van der Waals surface area contributed by atoms with E-state index in [1.165, 1.54) is 24.8 Å². The molecular formula is C16H25NO. The van der Waals surface area contributed by atoms with Gasteiger partial charge in [0.15, 0.2) is 0 Å². The highest BCUT2D eigenvalue weighted by molar-refractivity contribution is 5.32. The smallest absolute Gasteiger partial charge is 0.119 e. The van der Waals surface area contributed by atoms with E-state index in [4.69, 9.17) is 10.5 Å². The van der Waals surface area contributed by atoms with E-state index in [1.54, 1.807) is 0 Å². The van der Waals surface area contributed by atoms with Gasteiger partial charge in [-0.2, -0.15) is 0 Å². The number of rotatable bonds is 4. The summed E-state index contributed by atoms with van der Waals surface area (Å²) in [6.07, 6.45) is 4.95. The molecule has 2 nitrogen and oxygen atoms in total. The van der Waals surface area contributed by atoms with Gasteiger partial charge in [-0.1, -0.05) is 25.5 Å². The van der Waals surface area contributed by atoms with Crippen molar-refractivity contribution < 1.29 is 4.74 Å². The Morgan fingerprint density at radius 2 is 2.11 bits per heavy atom. The van der Waals surface area contributed by atoms with Gasteiger partial charge in [-0.15, -0.1) is 0 Å². The van der Waals surface area contributed by atoms with E-state index >= 15 is 0 Å². The summed E-state index contributed by atoms with van der Waals surface area (Å²) in [7, 11) is 0. The molecule has 1 fully saturated rings. The molecule has 0 saturated heterocycles. The van der Waals surface area contributed by atoms with Crippen LogP contribution < -0.4 is 10.5 Å². The van der Waals surface area contributed by atoms with Crippen molar-refractivity contribution >= 4 is 0 Å². The predicted molar refractivity (Wildman–Crippen MR) is 76.0 cm³/mol. The first-order chi connectivity index (χ1) is 8.74. The van der Waals surface area contributed by atoms with E-state index < -0.39 is 0 Å². The van der Waals surface area contributed by atoms with E-state index in [0.717, 1.165) is 24.7 Å². The lowest BCUT2D eigenvalue weighted by Gasteiger charge is -2.34. The van der Waals surface area contributed by atoms with Gasteiger partial charge in [0.25, 0.3) is 0 Å². The first-order valence-electron chi connectivity index (χ1n) is 7.22. The van der Waals surface area contributed by atoms with Crippen LogP contribution in [0.4, 0.5) is 0 Å². The summed E-state index contributed by atoms with van der Waals surface area (Å²) in [4.78, 5) is 0. The summed E-state index contributed by atoms with van der Waals surface area (Å²) < 4.78 is 5.58. The van der Waals surface area contributed by atoms with E-state index in [0.29, 0.717) is 12.0 Å². The van der Waals surface area contributed by atoms with Gasteiger partial charge >= 0.3 is 0 Å². The third-order valence-corrected chi connectivity index (χ3v) is 4.19. The monoisotopic (exact) mass is 247 g/mol. The van der Waals surface area contributed by atoms with E-state index in [9.17, 15) is 0 Å². The van der Waals surface area contributed by atoms with Crippen LogP contribution in [-0.2, 0) is 0 Å². The molecule has 1 aliphatic rings. The molecule has 0 radical (unpaired) electrons. The summed E-state index contributed by atoms with van der Waals surface area (Å²) in [5.74, 6) is 2.32. The van der Waals surface area contributed by atoms with Crippen LogP contribution >= 0.6 is 0 Å². The maximum atomic E-state index is 6.31. The molecule has 1 aromatic rings. The Morgan fingerprint density at radius 1 is 1.28 bits per heavy atom. The second-order valence-electron chi connectivity index (χ2n) is 5.36. The average Bonchev–Trinajstić information content (AvgIpc) is 2.40. The highest BCUT2D eigenvalue weighted by Crippen LogP contribution is 2.37. The van der Waals surface area contributed by atoms with Crippen molar-refractivity contribution in [3.63, 3.8) is 0 Å². The Bertz CT molecular complexity index is 377. The highest BCUT2D eigenvalue weighted by atomic mass is 16.5. The lowest BCUT2D eigenvalue weighted by atomic mass is 9.74. The molecule has 3 unspecified atom stereocenters. The SMILES string of the molecule is CCOc1cccc(C2CC(CC)CCC2N)c1. The number of hydrogen-bond donors (Lipinski definition) is 1. The van der Waals surface area contributed by atoms with Crippen molar-refractivity contribution in [2.24, 2.45) is 11.7 Å². The molecule has 1 aromatic carbocycles. The van der Waals surface area contributed by atoms with Gasteiger partial charge in [-0.25, -0.2) is 0 Å². The predicted octanol–water partition coefficient (Wildman–Crippen LogP) is 3.71. The third-order valence-electron chi connectivity index (χ3n) is 4.19. The zero-order valence-corrected chi connectivity index (χ0v) is 11.6. The lowest BCUT2D eigenvalue weighted by molar-refractivity contribution is 0.281. The van der Waals surface area contributed by atoms with Crippen LogP contribution in [0.1, 0.15) is 51.0 Å². The van der Waals surface area contributed by atoms with Gasteiger partial charge in [0, 0.05) is 6.04 Å². The molecule has 1 aliphatic carbocycles. The number of hydrogen-bond acceptors (Lipinski definition) is 2. The van der Waals surface area contributed by atoms with Gasteiger partial charge in [0.05, 0.1) is 6.61 Å². The van der Waals surface area contributed by atoms with E-state index in [2.05, 4.69) is 25.1 Å². The number of ether oxygens (including phenoxy) is 1. The molecule has 0 heterocycles. The van der Waals surface area contributed by atoms with Gasteiger partial charge in [-0.3, -0.25) is 0 Å². The molecule has 1 saturated carbocycles. The van der Waals surface area contributed by atoms with Gasteiger partial charge in [-0.05, 0) is 55.7 Å². The minimum atomic E-state index is 0.310. The molecule has 0 bridgehead atoms. The minimum absolute atomic E-state index is 0.310. The topological polar surface area (TPSA) is 35.2 Å². The quantitative estimate of drug-likeness (QED) is 0.880. The van der Waals surface area contributed by atoms with Crippen LogP contribution in [0.5, 0.6) is 5.75 Å². The first kappa shape index (κ1) is 13.4. The first-order valence-corrected chi connectivity index (χ1v) is 7.22. The van der Waals surface area contributed by atoms with Crippen molar-refractivity contribution in [1.82, 2.24) is 0 Å². The van der Waals surface area contributed by atoms with E-state index in [-0.39, 0.29) is 0 Å². The molecule has 3 atom stereocenters. The molecule has 100 valence electrons. The molecule has 0 spiro atoms. The number of nitrogens with two attached hydrogens (primary N) is 1. The fraction of sp³-hybridized carbons (Fsp3) is 0.625. The lowest BCUT2D eigenvalue weighted by Crippen LogP contribution is -2.34. The Balaban J connectivity index is 2.15. The van der Waals surface area contributed by atoms with Crippen LogP contribution in [0.3, 0.4) is 0 Å².